The van der Waals surface area contributed by atoms with Crippen molar-refractivity contribution in [1.82, 2.24) is 60.0 Å². The lowest BCUT2D eigenvalue weighted by atomic mass is 9.58. The first-order valence-corrected chi connectivity index (χ1v) is 39.5. The van der Waals surface area contributed by atoms with E-state index in [2.05, 4.69) is 22.9 Å². The number of carbonyl (C=O) groups excluding carboxylic acids is 12. The molecule has 0 aromatic carbocycles. The van der Waals surface area contributed by atoms with Crippen LogP contribution >= 0.6 is 0 Å². The van der Waals surface area contributed by atoms with Crippen LogP contribution < -0.4 is 16.0 Å². The molecule has 26 nitrogen and oxygen atoms in total. The minimum Gasteiger partial charge on any atom is -0.381 e. The molecular formula is C78H127F3N12O14. The van der Waals surface area contributed by atoms with Gasteiger partial charge in [0.2, 0.25) is 70.9 Å². The Morgan fingerprint density at radius 1 is 0.673 bits per heavy atom. The third-order valence-corrected chi connectivity index (χ3v) is 24.7. The predicted octanol–water partition coefficient (Wildman–Crippen LogP) is 6.32. The lowest BCUT2D eigenvalue weighted by molar-refractivity contribution is -0.184. The van der Waals surface area contributed by atoms with Gasteiger partial charge >= 0.3 is 6.18 Å². The smallest absolute Gasteiger partial charge is 0.381 e. The number of halogens is 3. The molecule has 7 rings (SSSR count). The summed E-state index contributed by atoms with van der Waals surface area (Å²) in [5.41, 5.74) is -2.11. The van der Waals surface area contributed by atoms with Crippen LogP contribution in [0, 0.1) is 40.9 Å². The molecule has 107 heavy (non-hydrogen) atoms. The number of likely N-dealkylation sites (N-methyl/N-ethyl adjacent to an activating group) is 7. The summed E-state index contributed by atoms with van der Waals surface area (Å²) in [6.07, 6.45) is 5.36. The SMILES string of the molecule is CCC[C@H]1C(=O)N[C@@H]([C@@H](C)CC)C(=O)N(C)CC(=O)N(C)[C@H]2C/C=C\CCN(C2=O)[C@@H](CC2CCC(C(F)(F)F)CC2)C(=O)N(C)CC(=O)N[C@@H](CCC2CCC(CC)C(OC)C2)C(=O)N2C[C@H](OCC)C[C@H]2C(=O)NC2(CC(C)(C)C2)C(=O)N(C)[C@@H](C2CCCC2)C(=O)N(C)[C@H](C(=O)N(C)C)CC(=O)N1C. The summed E-state index contributed by atoms with van der Waals surface area (Å²) in [6, 6.07) is -10.2. The van der Waals surface area contributed by atoms with E-state index in [4.69, 9.17) is 9.47 Å². The molecule has 12 amide bonds. The molecule has 3 heterocycles. The molecule has 29 heteroatoms. The van der Waals surface area contributed by atoms with Crippen molar-refractivity contribution < 1.29 is 80.2 Å². The van der Waals surface area contributed by atoms with Crippen LogP contribution in [0.2, 0.25) is 0 Å². The Morgan fingerprint density at radius 2 is 1.32 bits per heavy atom. The monoisotopic (exact) mass is 1510 g/mol. The van der Waals surface area contributed by atoms with Crippen molar-refractivity contribution in [3.8, 4) is 0 Å². The Bertz CT molecular complexity index is 3170. The number of nitrogens with one attached hydrogen (secondary N) is 3. The fourth-order valence-corrected chi connectivity index (χ4v) is 18.2. The van der Waals surface area contributed by atoms with E-state index in [9.17, 15) is 41.9 Å². The normalized spacial score (nSPS) is 31.7. The van der Waals surface area contributed by atoms with Gasteiger partial charge in [0.05, 0.1) is 37.6 Å². The highest BCUT2D eigenvalue weighted by Gasteiger charge is 2.59. The Hall–Kier alpha value is -6.91. The van der Waals surface area contributed by atoms with E-state index in [0.29, 0.717) is 44.4 Å². The molecular weight excluding hydrogens is 1390 g/mol. The Morgan fingerprint density at radius 3 is 1.91 bits per heavy atom. The van der Waals surface area contributed by atoms with E-state index >= 15 is 28.8 Å². The minimum absolute atomic E-state index is 0.0147. The number of nitrogens with zero attached hydrogens (tertiary/aromatic N) is 9. The number of methoxy groups -OCH3 is 1. The zero-order chi connectivity index (χ0) is 79.3. The number of amides is 12. The van der Waals surface area contributed by atoms with Gasteiger partial charge in [-0.2, -0.15) is 13.2 Å². The summed E-state index contributed by atoms with van der Waals surface area (Å²) < 4.78 is 54.7. The quantitative estimate of drug-likeness (QED) is 0.151. The third kappa shape index (κ3) is 21.4. The molecule has 3 unspecified atom stereocenters. The van der Waals surface area contributed by atoms with Crippen LogP contribution in [0.3, 0.4) is 0 Å². The zero-order valence-electron chi connectivity index (χ0n) is 66.8. The summed E-state index contributed by atoms with van der Waals surface area (Å²) in [4.78, 5) is 194. The molecule has 3 aliphatic heterocycles. The second-order valence-electron chi connectivity index (χ2n) is 33.2. The van der Waals surface area contributed by atoms with Crippen molar-refractivity contribution in [3.63, 3.8) is 0 Å². The summed E-state index contributed by atoms with van der Waals surface area (Å²) >= 11 is 0. The summed E-state index contributed by atoms with van der Waals surface area (Å²) in [7, 11) is 13.2. The molecule has 2 bridgehead atoms. The third-order valence-electron chi connectivity index (χ3n) is 24.7. The number of fused-ring (bicyclic) bond motifs is 3. The van der Waals surface area contributed by atoms with E-state index in [1.54, 1.807) is 33.1 Å². The van der Waals surface area contributed by atoms with Gasteiger partial charge in [0.15, 0.2) is 0 Å². The molecule has 4 aliphatic carbocycles. The van der Waals surface area contributed by atoms with Gasteiger partial charge in [-0.1, -0.05) is 85.8 Å². The lowest BCUT2D eigenvalue weighted by Gasteiger charge is -2.54. The van der Waals surface area contributed by atoms with E-state index in [0.717, 1.165) is 41.9 Å². The van der Waals surface area contributed by atoms with Crippen LogP contribution in [0.25, 0.3) is 0 Å². The fraction of sp³-hybridized carbons (Fsp3) is 0.821. The fourth-order valence-electron chi connectivity index (χ4n) is 18.2. The van der Waals surface area contributed by atoms with Crippen LogP contribution in [0.4, 0.5) is 13.2 Å². The molecule has 1 spiro atoms. The Labute approximate surface area is 632 Å². The summed E-state index contributed by atoms with van der Waals surface area (Å²) in [5, 5.41) is 8.98. The van der Waals surface area contributed by atoms with Crippen LogP contribution in [0.1, 0.15) is 203 Å². The number of ether oxygens (including phenoxy) is 2. The number of carbonyl (C=O) groups is 12. The number of hydrogen-bond acceptors (Lipinski definition) is 14. The van der Waals surface area contributed by atoms with Crippen molar-refractivity contribution in [1.29, 1.82) is 0 Å². The molecule has 0 aromatic rings. The first-order valence-electron chi connectivity index (χ1n) is 39.5. The van der Waals surface area contributed by atoms with Gasteiger partial charge in [0, 0.05) is 89.6 Å². The van der Waals surface area contributed by atoms with Gasteiger partial charge in [0.1, 0.15) is 53.9 Å². The Balaban J connectivity index is 1.33. The number of rotatable bonds is 15. The minimum atomic E-state index is -4.44. The second-order valence-corrected chi connectivity index (χ2v) is 33.2. The zero-order valence-corrected chi connectivity index (χ0v) is 66.8. The van der Waals surface area contributed by atoms with Crippen molar-refractivity contribution in [2.45, 2.75) is 275 Å². The first kappa shape index (κ1) is 87.3. The van der Waals surface area contributed by atoms with Crippen molar-refractivity contribution in [2.75, 3.05) is 96.3 Å². The maximum atomic E-state index is 15.8. The maximum absolute atomic E-state index is 15.8. The molecule has 0 aromatic heterocycles. The second kappa shape index (κ2) is 38.1. The molecule has 0 radical (unpaired) electrons. The topological polar surface area (TPSA) is 289 Å². The maximum Gasteiger partial charge on any atom is 0.391 e. The first-order chi connectivity index (χ1) is 50.4. The molecule has 604 valence electrons. The standard InChI is InChI=1S/C78H127F3N12O14/c1-17-26-56-67(97)83-65(48(5)18-2)73(103)87(11)45-64(96)89(13)57-29-22-21-25-38-92(72(57)102)60(39-49-31-35-53(36-32-49)78(79,80)81)71(101)86(10)44-62(94)82-55(37-33-50-30-34-51(19-3)61(40-50)106-16)69(99)93-43-54(107-20-4)41-58(93)68(98)84-77(46-76(6,7)47-77)75(105)91(15)66(52-27-23-24-28-52)74(104)90(14)59(70(100)85(8)9)42-63(95)88(56)12/h21-22,48-61,65-66H,17-20,23-47H2,1-16H3,(H,82,94)(H,83,97)(H,84,98)/b22-21-/t48-,49?,50?,51?,53?,54+,55-,56-,57-,58-,59-,60-,61?,65-,66-/m0/s1. The molecule has 4 saturated carbocycles. The van der Waals surface area contributed by atoms with Gasteiger partial charge in [-0.15, -0.1) is 0 Å². The van der Waals surface area contributed by atoms with Gasteiger partial charge in [-0.25, -0.2) is 0 Å². The summed E-state index contributed by atoms with van der Waals surface area (Å²) in [6.45, 7) is 12.1. The number of hydrogen-bond donors (Lipinski definition) is 3. The Kier molecular flexibility index (Phi) is 31.1. The highest BCUT2D eigenvalue weighted by atomic mass is 19.4. The molecule has 7 aliphatic rings. The van der Waals surface area contributed by atoms with Gasteiger partial charge in [-0.3, -0.25) is 57.5 Å². The van der Waals surface area contributed by atoms with E-state index < -0.39 is 186 Å². The van der Waals surface area contributed by atoms with Crippen molar-refractivity contribution in [2.24, 2.45) is 40.9 Å². The van der Waals surface area contributed by atoms with Crippen LogP contribution in [-0.4, -0.2) is 284 Å². The van der Waals surface area contributed by atoms with Gasteiger partial charge in [0.25, 0.3) is 0 Å². The van der Waals surface area contributed by atoms with Crippen LogP contribution in [0.15, 0.2) is 12.2 Å². The molecule has 2 saturated heterocycles. The van der Waals surface area contributed by atoms with Crippen molar-refractivity contribution >= 4 is 70.9 Å². The van der Waals surface area contributed by atoms with E-state index in [-0.39, 0.29) is 109 Å². The van der Waals surface area contributed by atoms with E-state index in [1.807, 2.05) is 27.7 Å². The van der Waals surface area contributed by atoms with Crippen LogP contribution in [-0.2, 0) is 67.0 Å². The lowest BCUT2D eigenvalue weighted by Crippen LogP contribution is -2.71. The average molecular weight is 1510 g/mol. The van der Waals surface area contributed by atoms with Crippen molar-refractivity contribution in [3.05, 3.63) is 12.2 Å². The summed E-state index contributed by atoms with van der Waals surface area (Å²) in [5.74, 6) is -10.5. The molecule has 6 fully saturated rings. The largest absolute Gasteiger partial charge is 0.391 e. The van der Waals surface area contributed by atoms with Crippen LogP contribution in [0.5, 0.6) is 0 Å². The number of alkyl halides is 3. The van der Waals surface area contributed by atoms with Gasteiger partial charge < -0.3 is 69.5 Å². The van der Waals surface area contributed by atoms with Gasteiger partial charge in [-0.05, 0) is 151 Å². The van der Waals surface area contributed by atoms with E-state index in [1.165, 1.54) is 90.7 Å². The average Bonchev–Trinajstić information content (AvgIpc) is 1.41. The highest BCUT2D eigenvalue weighted by Crippen LogP contribution is 2.50. The predicted molar refractivity (Wildman–Crippen MR) is 396 cm³/mol. The molecule has 13 atom stereocenters. The molecule has 3 N–H and O–H groups in total. The highest BCUT2D eigenvalue weighted by molar-refractivity contribution is 6.01.